The Balaban J connectivity index is 0.000000463. The Labute approximate surface area is 154 Å². The van der Waals surface area contributed by atoms with E-state index in [1.54, 1.807) is 30.5 Å². The molecule has 0 aliphatic carbocycles. The molecule has 2 aromatic carbocycles. The number of nitrogens with zero attached hydrogens (tertiary/aromatic N) is 2. The summed E-state index contributed by atoms with van der Waals surface area (Å²) in [6, 6.07) is 12.5. The molecule has 8 heteroatoms. The topological polar surface area (TPSA) is 37.0 Å². The fraction of sp³-hybridized carbons (Fsp3) is 0.0667. The molecule has 2 aromatic rings. The van der Waals surface area contributed by atoms with Crippen molar-refractivity contribution >= 4 is 54.3 Å². The molecule has 0 radical (unpaired) electrons. The number of aryl methyl sites for hydroxylation is 1. The second-order valence-electron chi connectivity index (χ2n) is 4.29. The molecule has 0 bridgehead atoms. The summed E-state index contributed by atoms with van der Waals surface area (Å²) in [5.41, 5.74) is 2.74. The molecule has 0 heterocycles. The van der Waals surface area contributed by atoms with Crippen LogP contribution in [-0.2, 0) is 12.8 Å². The molecular formula is C15H12Cl4N2NbO. The van der Waals surface area contributed by atoms with Gasteiger partial charge in [0.1, 0.15) is 5.75 Å². The second-order valence-corrected chi connectivity index (χ2v) is 24.3. The maximum atomic E-state index is 9.84. The predicted octanol–water partition coefficient (Wildman–Crippen LogP) is 6.76. The molecule has 0 unspecified atom stereocenters. The Morgan fingerprint density at radius 2 is 1.74 bits per heavy atom. The minimum absolute atomic E-state index is 0.239. The predicted molar refractivity (Wildman–Crippen MR) is 96.2 cm³/mol. The van der Waals surface area contributed by atoms with Gasteiger partial charge < -0.3 is 5.11 Å². The van der Waals surface area contributed by atoms with Gasteiger partial charge in [0.15, 0.2) is 5.69 Å². The first-order chi connectivity index (χ1) is 10.7. The Hall–Kier alpha value is -0.700. The van der Waals surface area contributed by atoms with Crippen LogP contribution in [0.3, 0.4) is 0 Å². The normalized spacial score (nSPS) is 10.8. The molecule has 3 nitrogen and oxygen atoms in total. The van der Waals surface area contributed by atoms with Crippen molar-refractivity contribution in [2.75, 3.05) is 0 Å². The first-order valence-electron chi connectivity index (χ1n) is 6.18. The van der Waals surface area contributed by atoms with Gasteiger partial charge in [-0.05, 0) is 30.7 Å². The van der Waals surface area contributed by atoms with Crippen molar-refractivity contribution in [3.8, 4) is 5.75 Å². The summed E-state index contributed by atoms with van der Waals surface area (Å²) in [6.07, 6.45) is 1.60. The monoisotopic (exact) mass is 469 g/mol. The number of phenols is 1. The van der Waals surface area contributed by atoms with Crippen molar-refractivity contribution in [2.24, 2.45) is 4.99 Å². The van der Waals surface area contributed by atoms with Gasteiger partial charge in [-0.1, -0.05) is 24.3 Å². The van der Waals surface area contributed by atoms with Crippen LogP contribution in [0.1, 0.15) is 11.1 Å². The summed E-state index contributed by atoms with van der Waals surface area (Å²) in [5.74, 6) is 0.239. The van der Waals surface area contributed by atoms with Crippen LogP contribution in [-0.4, -0.2) is 11.3 Å². The summed E-state index contributed by atoms with van der Waals surface area (Å²) in [7, 11) is 20.1. The first-order valence-corrected chi connectivity index (χ1v) is 17.5. The summed E-state index contributed by atoms with van der Waals surface area (Å²) >= 11 is -3.21. The molecule has 0 aliphatic heterocycles. The van der Waals surface area contributed by atoms with Gasteiger partial charge in [0.05, 0.1) is 12.3 Å². The quantitative estimate of drug-likeness (QED) is 0.294. The summed E-state index contributed by atoms with van der Waals surface area (Å²) in [6.45, 7) is 8.77. The Bertz CT molecular complexity index is 733. The molecule has 1 N–H and O–H groups in total. The summed E-state index contributed by atoms with van der Waals surface area (Å²) in [4.78, 5) is 7.60. The third kappa shape index (κ3) is 8.64. The molecule has 2 rings (SSSR count). The van der Waals surface area contributed by atoms with Crippen molar-refractivity contribution in [3.63, 3.8) is 0 Å². The molecule has 0 fully saturated rings. The van der Waals surface area contributed by atoms with Gasteiger partial charge in [-0.2, -0.15) is 0 Å². The molecular weight excluding hydrogens is 459 g/mol. The molecule has 23 heavy (non-hydrogen) atoms. The number of rotatable bonds is 2. The van der Waals surface area contributed by atoms with Crippen molar-refractivity contribution in [2.45, 2.75) is 6.92 Å². The second kappa shape index (κ2) is 9.56. The number of halogens is 4. The number of aliphatic imine (C=N–C) groups is 1. The van der Waals surface area contributed by atoms with Crippen LogP contribution in [0.5, 0.6) is 5.75 Å². The van der Waals surface area contributed by atoms with Gasteiger partial charge in [0.25, 0.3) is 0 Å². The Morgan fingerprint density at radius 1 is 1.13 bits per heavy atom. The molecule has 121 valence electrons. The zero-order chi connectivity index (χ0) is 17.5. The van der Waals surface area contributed by atoms with Gasteiger partial charge in [-0.15, -0.1) is 0 Å². The van der Waals surface area contributed by atoms with Crippen LogP contribution in [0.25, 0.3) is 4.85 Å². The van der Waals surface area contributed by atoms with Gasteiger partial charge in [-0.3, -0.25) is 4.99 Å². The average molecular weight is 471 g/mol. The SMILES string of the molecule is [C-]#[N+]c1cccc(N=Cc2cccc(C)c2O)c1.[Cl][Nb]([Cl])([Cl])[Cl]. The maximum absolute atomic E-state index is 9.84. The molecule has 0 aromatic heterocycles. The van der Waals surface area contributed by atoms with Crippen LogP contribution in [0.15, 0.2) is 47.5 Å². The molecule has 0 amide bonds. The third-order valence-electron chi connectivity index (χ3n) is 2.58. The van der Waals surface area contributed by atoms with E-state index in [0.717, 1.165) is 5.56 Å². The van der Waals surface area contributed by atoms with Gasteiger partial charge in [0, 0.05) is 11.8 Å². The molecule has 0 saturated carbocycles. The summed E-state index contributed by atoms with van der Waals surface area (Å²) in [5, 5.41) is 9.84. The van der Waals surface area contributed by atoms with E-state index in [2.05, 4.69) is 9.84 Å². The van der Waals surface area contributed by atoms with Crippen LogP contribution in [0, 0.1) is 13.5 Å². The molecule has 0 aliphatic rings. The zero-order valence-corrected chi connectivity index (χ0v) is 17.1. The number of benzene rings is 2. The van der Waals surface area contributed by atoms with E-state index in [0.29, 0.717) is 16.9 Å². The van der Waals surface area contributed by atoms with Gasteiger partial charge >= 0.3 is 49.6 Å². The van der Waals surface area contributed by atoms with Crippen LogP contribution < -0.4 is 0 Å². The molecule has 0 saturated heterocycles. The average Bonchev–Trinajstić information content (AvgIpc) is 2.47. The number of para-hydroxylation sites is 1. The van der Waals surface area contributed by atoms with Crippen molar-refractivity contribution in [1.82, 2.24) is 0 Å². The third-order valence-corrected chi connectivity index (χ3v) is 2.58. The van der Waals surface area contributed by atoms with Crippen molar-refractivity contribution in [3.05, 3.63) is 65.0 Å². The Morgan fingerprint density at radius 3 is 2.35 bits per heavy atom. The standard InChI is InChI=1S/C15H12N2O.4ClH.Nb/c1-11-5-3-6-12(15(11)18)10-17-14-8-4-7-13(9-14)16-2;;;;;/h3-10,18H,1H3;4*1H;/q;;;;;+4/p-4. The van der Waals surface area contributed by atoms with Crippen molar-refractivity contribution in [1.29, 1.82) is 0 Å². The fourth-order valence-electron chi connectivity index (χ4n) is 1.57. The summed E-state index contributed by atoms with van der Waals surface area (Å²) < 4.78 is 0. The van der Waals surface area contributed by atoms with E-state index >= 15 is 0 Å². The first kappa shape index (κ1) is 20.3. The Kier molecular flexibility index (Phi) is 8.46. The molecule has 0 atom stereocenters. The zero-order valence-electron chi connectivity index (χ0n) is 11.9. The van der Waals surface area contributed by atoms with Crippen molar-refractivity contribution < 1.29 is 17.9 Å². The van der Waals surface area contributed by atoms with E-state index in [1.165, 1.54) is 0 Å². The van der Waals surface area contributed by atoms with Crippen LogP contribution >= 0.6 is 36.8 Å². The van der Waals surface area contributed by atoms with E-state index in [-0.39, 0.29) is 5.75 Å². The number of hydrogen-bond acceptors (Lipinski definition) is 2. The van der Waals surface area contributed by atoms with E-state index in [9.17, 15) is 5.11 Å². The number of hydrogen-bond donors (Lipinski definition) is 1. The van der Waals surface area contributed by atoms with Gasteiger partial charge in [-0.25, -0.2) is 4.85 Å². The van der Waals surface area contributed by atoms with E-state index < -0.39 is 12.8 Å². The minimum atomic E-state index is -3.21. The van der Waals surface area contributed by atoms with Crippen LogP contribution in [0.2, 0.25) is 0 Å². The molecule has 0 spiro atoms. The van der Waals surface area contributed by atoms with Gasteiger partial charge in [0.2, 0.25) is 0 Å². The van der Waals surface area contributed by atoms with E-state index in [1.807, 2.05) is 25.1 Å². The number of phenolic OH excluding ortho intramolecular Hbond substituents is 1. The van der Waals surface area contributed by atoms with E-state index in [4.69, 9.17) is 43.3 Å². The van der Waals surface area contributed by atoms with Crippen LogP contribution in [0.4, 0.5) is 11.4 Å². The fourth-order valence-corrected chi connectivity index (χ4v) is 1.57. The number of aromatic hydroxyl groups is 1.